The van der Waals surface area contributed by atoms with Crippen LogP contribution in [-0.2, 0) is 0 Å². The molecular formula is C24H43NS. The molecule has 26 heavy (non-hydrogen) atoms. The maximum Gasteiger partial charge on any atom is 0.0129 e. The molecule has 4 rings (SSSR count). The zero-order valence-corrected chi connectivity index (χ0v) is 18.7. The van der Waals surface area contributed by atoms with Gasteiger partial charge in [-0.1, -0.05) is 53.9 Å². The molecule has 2 heterocycles. The molecule has 2 saturated heterocycles. The van der Waals surface area contributed by atoms with E-state index in [2.05, 4.69) is 51.7 Å². The molecule has 0 spiro atoms. The first-order valence-electron chi connectivity index (χ1n) is 11.9. The number of piperidine rings is 1. The number of fused-ring (bicyclic) bond motifs is 2. The molecule has 1 nitrogen and oxygen atoms in total. The lowest BCUT2D eigenvalue weighted by Crippen LogP contribution is -2.55. The minimum atomic E-state index is 0.816. The summed E-state index contributed by atoms with van der Waals surface area (Å²) in [4.78, 5) is 0. The lowest BCUT2D eigenvalue weighted by molar-refractivity contribution is 0.0684. The molecule has 2 saturated carbocycles. The van der Waals surface area contributed by atoms with Crippen LogP contribution in [-0.4, -0.2) is 22.6 Å². The van der Waals surface area contributed by atoms with Gasteiger partial charge in [0.05, 0.1) is 0 Å². The van der Waals surface area contributed by atoms with Crippen molar-refractivity contribution in [3.63, 3.8) is 0 Å². The zero-order valence-electron chi connectivity index (χ0n) is 17.9. The van der Waals surface area contributed by atoms with E-state index >= 15 is 0 Å². The van der Waals surface area contributed by atoms with E-state index in [-0.39, 0.29) is 0 Å². The fraction of sp³-hybridized carbons (Fsp3) is 1.00. The summed E-state index contributed by atoms with van der Waals surface area (Å²) in [6.45, 7) is 12.6. The molecule has 2 heteroatoms. The third kappa shape index (κ3) is 3.30. The third-order valence-electron chi connectivity index (χ3n) is 9.32. The highest BCUT2D eigenvalue weighted by molar-refractivity contribution is 8.00. The third-order valence-corrected chi connectivity index (χ3v) is 11.1. The number of hydrogen-bond acceptors (Lipinski definition) is 2. The molecule has 0 aromatic carbocycles. The Labute approximate surface area is 167 Å². The lowest BCUT2D eigenvalue weighted by Gasteiger charge is -2.49. The van der Waals surface area contributed by atoms with Crippen molar-refractivity contribution in [3.8, 4) is 0 Å². The van der Waals surface area contributed by atoms with Crippen LogP contribution in [0.4, 0.5) is 0 Å². The van der Waals surface area contributed by atoms with Gasteiger partial charge < -0.3 is 5.32 Å². The zero-order chi connectivity index (χ0) is 18.4. The van der Waals surface area contributed by atoms with Crippen LogP contribution in [0.15, 0.2) is 0 Å². The monoisotopic (exact) mass is 377 g/mol. The Morgan fingerprint density at radius 1 is 0.885 bits per heavy atom. The van der Waals surface area contributed by atoms with Crippen molar-refractivity contribution in [1.29, 1.82) is 0 Å². The summed E-state index contributed by atoms with van der Waals surface area (Å²) in [6.07, 6.45) is 11.6. The molecule has 0 aromatic rings. The van der Waals surface area contributed by atoms with Gasteiger partial charge in [-0.2, -0.15) is 11.8 Å². The van der Waals surface area contributed by atoms with E-state index in [1.54, 1.807) is 0 Å². The van der Waals surface area contributed by atoms with Gasteiger partial charge in [0.25, 0.3) is 0 Å². The van der Waals surface area contributed by atoms with Gasteiger partial charge in [-0.05, 0) is 73.5 Å². The summed E-state index contributed by atoms with van der Waals surface area (Å²) >= 11 is 2.38. The van der Waals surface area contributed by atoms with Crippen molar-refractivity contribution in [1.82, 2.24) is 5.32 Å². The summed E-state index contributed by atoms with van der Waals surface area (Å²) in [5, 5.41) is 6.07. The van der Waals surface area contributed by atoms with Crippen LogP contribution < -0.4 is 5.32 Å². The van der Waals surface area contributed by atoms with Crippen LogP contribution in [0.3, 0.4) is 0 Å². The van der Waals surface area contributed by atoms with Crippen molar-refractivity contribution in [2.24, 2.45) is 41.4 Å². The van der Waals surface area contributed by atoms with Gasteiger partial charge in [0.15, 0.2) is 0 Å². The van der Waals surface area contributed by atoms with Crippen molar-refractivity contribution in [3.05, 3.63) is 0 Å². The Hall–Kier alpha value is 0.310. The molecule has 150 valence electrons. The average molecular weight is 378 g/mol. The van der Waals surface area contributed by atoms with Crippen LogP contribution in [0.5, 0.6) is 0 Å². The lowest BCUT2D eigenvalue weighted by atomic mass is 9.65. The minimum absolute atomic E-state index is 0.816. The Kier molecular flexibility index (Phi) is 6.02. The molecule has 0 aromatic heterocycles. The van der Waals surface area contributed by atoms with E-state index in [1.807, 2.05) is 0 Å². The molecule has 1 N–H and O–H groups in total. The number of nitrogens with one attached hydrogen (secondary N) is 1. The van der Waals surface area contributed by atoms with Gasteiger partial charge >= 0.3 is 0 Å². The van der Waals surface area contributed by atoms with E-state index in [9.17, 15) is 0 Å². The quantitative estimate of drug-likeness (QED) is 0.610. The average Bonchev–Trinajstić information content (AvgIpc) is 3.06. The summed E-state index contributed by atoms with van der Waals surface area (Å²) in [7, 11) is 0. The Bertz CT molecular complexity index is 479. The first-order chi connectivity index (χ1) is 12.5. The second-order valence-corrected chi connectivity index (χ2v) is 12.1. The fourth-order valence-corrected chi connectivity index (χ4v) is 9.86. The molecule has 4 fully saturated rings. The van der Waals surface area contributed by atoms with Gasteiger partial charge in [-0.15, -0.1) is 0 Å². The van der Waals surface area contributed by atoms with E-state index in [4.69, 9.17) is 0 Å². The largest absolute Gasteiger partial charge is 0.311 e. The number of rotatable bonds is 4. The molecule has 0 radical (unpaired) electrons. The standard InChI is InChI=1S/C24H43NS/c1-6-7-10-19-13-12-18-9-8-11-20(23(18)25-19)22-15(3)14(2)21-16(4)17(5)26-24(21)22/h14-25H,6-13H2,1-5H3. The van der Waals surface area contributed by atoms with Gasteiger partial charge in [-0.3, -0.25) is 0 Å². The smallest absolute Gasteiger partial charge is 0.0129 e. The van der Waals surface area contributed by atoms with Crippen molar-refractivity contribution < 1.29 is 0 Å². The fourth-order valence-electron chi connectivity index (χ4n) is 7.62. The summed E-state index contributed by atoms with van der Waals surface area (Å²) in [6, 6.07) is 1.65. The second-order valence-electron chi connectivity index (χ2n) is 10.5. The first kappa shape index (κ1) is 19.6. The predicted molar refractivity (Wildman–Crippen MR) is 116 cm³/mol. The Balaban J connectivity index is 1.53. The SMILES string of the molecule is CCCCC1CCC2CCCC(C3C(C)C(C)C4C(C)C(C)SC43)C2N1. The van der Waals surface area contributed by atoms with Crippen LogP contribution in [0.2, 0.25) is 0 Å². The van der Waals surface area contributed by atoms with E-state index in [1.165, 1.54) is 51.4 Å². The highest BCUT2D eigenvalue weighted by atomic mass is 32.2. The molecule has 0 bridgehead atoms. The number of unbranched alkanes of at least 4 members (excludes halogenated alkanes) is 1. The summed E-state index contributed by atoms with van der Waals surface area (Å²) in [5.41, 5.74) is 0. The van der Waals surface area contributed by atoms with Gasteiger partial charge in [-0.25, -0.2) is 0 Å². The second kappa shape index (κ2) is 7.97. The van der Waals surface area contributed by atoms with Gasteiger partial charge in [0.1, 0.15) is 0 Å². The van der Waals surface area contributed by atoms with E-state index < -0.39 is 0 Å². The summed E-state index contributed by atoms with van der Waals surface area (Å²) in [5.74, 6) is 6.66. The van der Waals surface area contributed by atoms with Crippen LogP contribution in [0.25, 0.3) is 0 Å². The Morgan fingerprint density at radius 3 is 2.42 bits per heavy atom. The summed E-state index contributed by atoms with van der Waals surface area (Å²) < 4.78 is 0. The molecule has 4 aliphatic rings. The molecule has 11 unspecified atom stereocenters. The molecule has 2 aliphatic heterocycles. The van der Waals surface area contributed by atoms with Gasteiger partial charge in [0.2, 0.25) is 0 Å². The highest BCUT2D eigenvalue weighted by Crippen LogP contribution is 2.61. The molecule has 0 amide bonds. The van der Waals surface area contributed by atoms with Gasteiger partial charge in [0, 0.05) is 22.6 Å². The first-order valence-corrected chi connectivity index (χ1v) is 12.9. The molecule has 2 aliphatic carbocycles. The van der Waals surface area contributed by atoms with Crippen molar-refractivity contribution in [2.45, 2.75) is 109 Å². The Morgan fingerprint density at radius 2 is 1.65 bits per heavy atom. The van der Waals surface area contributed by atoms with E-state index in [0.29, 0.717) is 0 Å². The topological polar surface area (TPSA) is 12.0 Å². The maximum atomic E-state index is 4.25. The van der Waals surface area contributed by atoms with Crippen molar-refractivity contribution in [2.75, 3.05) is 0 Å². The maximum absolute atomic E-state index is 4.25. The number of thioether (sulfide) groups is 1. The van der Waals surface area contributed by atoms with Crippen LogP contribution in [0, 0.1) is 41.4 Å². The molecule has 11 atom stereocenters. The molecular weight excluding hydrogens is 334 g/mol. The van der Waals surface area contributed by atoms with Crippen LogP contribution >= 0.6 is 11.8 Å². The predicted octanol–water partition coefficient (Wildman–Crippen LogP) is 6.37. The number of hydrogen-bond donors (Lipinski definition) is 1. The minimum Gasteiger partial charge on any atom is -0.311 e. The van der Waals surface area contributed by atoms with Crippen molar-refractivity contribution >= 4 is 11.8 Å². The van der Waals surface area contributed by atoms with E-state index in [0.717, 1.165) is 64.0 Å². The highest BCUT2D eigenvalue weighted by Gasteiger charge is 2.57. The van der Waals surface area contributed by atoms with Crippen LogP contribution in [0.1, 0.15) is 86.0 Å². The normalized spacial score (nSPS) is 54.1.